The molecule has 2 fully saturated rings. The first kappa shape index (κ1) is 22.6. The van der Waals surface area contributed by atoms with E-state index in [4.69, 9.17) is 4.98 Å². The third-order valence-electron chi connectivity index (χ3n) is 6.42. The first-order chi connectivity index (χ1) is 16.4. The van der Waals surface area contributed by atoms with Crippen molar-refractivity contribution in [1.82, 2.24) is 20.2 Å². The second kappa shape index (κ2) is 9.19. The Kier molecular flexibility index (Phi) is 6.10. The molecule has 0 spiro atoms. The Morgan fingerprint density at radius 3 is 2.56 bits per heavy atom. The summed E-state index contributed by atoms with van der Waals surface area (Å²) in [7, 11) is 0. The summed E-state index contributed by atoms with van der Waals surface area (Å²) in [4.78, 5) is 37.8. The van der Waals surface area contributed by atoms with Gasteiger partial charge in [0.1, 0.15) is 0 Å². The van der Waals surface area contributed by atoms with E-state index < -0.39 is 5.91 Å². The third-order valence-corrected chi connectivity index (χ3v) is 7.24. The van der Waals surface area contributed by atoms with Gasteiger partial charge in [0.2, 0.25) is 0 Å². The molecule has 0 saturated carbocycles. The van der Waals surface area contributed by atoms with Crippen molar-refractivity contribution in [1.29, 1.82) is 0 Å². The van der Waals surface area contributed by atoms with Crippen LogP contribution in [0.2, 0.25) is 0 Å². The molecular formula is C26H27N5O2S. The van der Waals surface area contributed by atoms with E-state index in [2.05, 4.69) is 65.1 Å². The monoisotopic (exact) mass is 473 g/mol. The Hall–Kier alpha value is -3.23. The summed E-state index contributed by atoms with van der Waals surface area (Å²) in [6.45, 7) is 10.9. The standard InChI is InChI=1S/C26H27N5O2S/c1-16(2)30-9-11-31(12-10-30)21-8-7-18(13-17(21)3)20-6-4-5-19-15-27-23(28-24(19)20)14-22-25(32)29-26(33)34-22/h4-8,13-16H,9-12H2,1-3H3,(H,29,32,33). The van der Waals surface area contributed by atoms with Crippen molar-refractivity contribution in [2.75, 3.05) is 31.1 Å². The largest absolute Gasteiger partial charge is 0.369 e. The number of aromatic nitrogens is 2. The molecule has 2 aliphatic rings. The lowest BCUT2D eigenvalue weighted by atomic mass is 9.99. The van der Waals surface area contributed by atoms with Crippen molar-refractivity contribution in [2.24, 2.45) is 0 Å². The summed E-state index contributed by atoms with van der Waals surface area (Å²) in [6, 6.07) is 13.2. The van der Waals surface area contributed by atoms with E-state index in [1.165, 1.54) is 11.3 Å². The number of para-hydroxylation sites is 1. The number of piperazine rings is 1. The number of hydrogen-bond donors (Lipinski definition) is 1. The lowest BCUT2D eigenvalue weighted by Gasteiger charge is -2.38. The number of rotatable bonds is 4. The minimum absolute atomic E-state index is 0.305. The fraction of sp³-hybridized carbons (Fsp3) is 0.308. The normalized spacial score (nSPS) is 18.4. The number of hydrogen-bond acceptors (Lipinski definition) is 7. The molecule has 0 bridgehead atoms. The topological polar surface area (TPSA) is 78.4 Å². The van der Waals surface area contributed by atoms with Crippen molar-refractivity contribution in [3.8, 4) is 11.1 Å². The Labute approximate surface area is 203 Å². The molecule has 2 aliphatic heterocycles. The SMILES string of the molecule is Cc1cc(-c2cccc3cnc(C=C4SC(=O)NC4=O)nc23)ccc1N1CCN(C(C)C)CC1. The summed E-state index contributed by atoms with van der Waals surface area (Å²) in [5.74, 6) is -0.00362. The highest BCUT2D eigenvalue weighted by Crippen LogP contribution is 2.32. The van der Waals surface area contributed by atoms with Crippen LogP contribution in [0.4, 0.5) is 10.5 Å². The van der Waals surface area contributed by atoms with Crippen molar-refractivity contribution in [3.05, 3.63) is 58.9 Å². The first-order valence-electron chi connectivity index (χ1n) is 11.5. The van der Waals surface area contributed by atoms with Gasteiger partial charge in [0.05, 0.1) is 10.4 Å². The van der Waals surface area contributed by atoms with E-state index in [1.54, 1.807) is 12.3 Å². The van der Waals surface area contributed by atoms with Crippen LogP contribution in [0, 0.1) is 6.92 Å². The second-order valence-electron chi connectivity index (χ2n) is 8.94. The number of nitrogens with zero attached hydrogens (tertiary/aromatic N) is 4. The van der Waals surface area contributed by atoms with E-state index in [1.807, 2.05) is 12.1 Å². The third kappa shape index (κ3) is 4.43. The van der Waals surface area contributed by atoms with Crippen LogP contribution in [0.5, 0.6) is 0 Å². The lowest BCUT2D eigenvalue weighted by Crippen LogP contribution is -2.49. The molecule has 8 heteroatoms. The highest BCUT2D eigenvalue weighted by atomic mass is 32.2. The molecular weight excluding hydrogens is 446 g/mol. The quantitative estimate of drug-likeness (QED) is 0.561. The molecule has 2 aromatic carbocycles. The number of nitrogens with one attached hydrogen (secondary N) is 1. The molecule has 0 atom stereocenters. The molecule has 34 heavy (non-hydrogen) atoms. The predicted octanol–water partition coefficient (Wildman–Crippen LogP) is 4.46. The van der Waals surface area contributed by atoms with E-state index >= 15 is 0 Å². The van der Waals surface area contributed by atoms with Gasteiger partial charge in [-0.05, 0) is 55.8 Å². The van der Waals surface area contributed by atoms with Crippen LogP contribution in [0.15, 0.2) is 47.5 Å². The van der Waals surface area contributed by atoms with E-state index in [-0.39, 0.29) is 5.24 Å². The van der Waals surface area contributed by atoms with Crippen LogP contribution < -0.4 is 10.2 Å². The molecule has 2 saturated heterocycles. The van der Waals surface area contributed by atoms with Gasteiger partial charge in [0.25, 0.3) is 11.1 Å². The fourth-order valence-corrected chi connectivity index (χ4v) is 5.22. The molecule has 2 amide bonds. The zero-order valence-corrected chi connectivity index (χ0v) is 20.4. The summed E-state index contributed by atoms with van der Waals surface area (Å²) >= 11 is 0.867. The number of imide groups is 1. The van der Waals surface area contributed by atoms with Crippen LogP contribution >= 0.6 is 11.8 Å². The van der Waals surface area contributed by atoms with Crippen LogP contribution in [-0.2, 0) is 4.79 Å². The summed E-state index contributed by atoms with van der Waals surface area (Å²) in [5.41, 5.74) is 5.44. The molecule has 0 aliphatic carbocycles. The van der Waals surface area contributed by atoms with Gasteiger partial charge in [-0.15, -0.1) is 0 Å². The zero-order chi connectivity index (χ0) is 23.8. The average molecular weight is 474 g/mol. The summed E-state index contributed by atoms with van der Waals surface area (Å²) in [5, 5.41) is 2.81. The smallest absolute Gasteiger partial charge is 0.290 e. The molecule has 5 rings (SSSR count). The van der Waals surface area contributed by atoms with Crippen LogP contribution in [-0.4, -0.2) is 58.2 Å². The average Bonchev–Trinajstić information content (AvgIpc) is 3.15. The molecule has 1 N–H and O–H groups in total. The van der Waals surface area contributed by atoms with Gasteiger partial charge in [-0.2, -0.15) is 0 Å². The number of carbonyl (C=O) groups excluding carboxylic acids is 2. The predicted molar refractivity (Wildman–Crippen MR) is 138 cm³/mol. The molecule has 7 nitrogen and oxygen atoms in total. The highest BCUT2D eigenvalue weighted by molar-refractivity contribution is 8.18. The number of anilines is 1. The minimum Gasteiger partial charge on any atom is -0.369 e. The van der Waals surface area contributed by atoms with Gasteiger partial charge in [-0.3, -0.25) is 19.8 Å². The maximum atomic E-state index is 11.9. The van der Waals surface area contributed by atoms with Crippen molar-refractivity contribution < 1.29 is 9.59 Å². The van der Waals surface area contributed by atoms with E-state index in [0.29, 0.717) is 16.8 Å². The van der Waals surface area contributed by atoms with Gasteiger partial charge in [0, 0.05) is 61.1 Å². The molecule has 0 unspecified atom stereocenters. The van der Waals surface area contributed by atoms with Crippen molar-refractivity contribution >= 4 is 45.6 Å². The van der Waals surface area contributed by atoms with E-state index in [0.717, 1.165) is 60.0 Å². The number of fused-ring (bicyclic) bond motifs is 1. The zero-order valence-electron chi connectivity index (χ0n) is 19.5. The van der Waals surface area contributed by atoms with Gasteiger partial charge in [0.15, 0.2) is 5.82 Å². The number of carbonyl (C=O) groups is 2. The molecule has 0 radical (unpaired) electrons. The highest BCUT2D eigenvalue weighted by Gasteiger charge is 2.25. The first-order valence-corrected chi connectivity index (χ1v) is 12.3. The fourth-order valence-electron chi connectivity index (χ4n) is 4.57. The molecule has 1 aromatic heterocycles. The van der Waals surface area contributed by atoms with Crippen LogP contribution in [0.1, 0.15) is 25.2 Å². The van der Waals surface area contributed by atoms with Crippen LogP contribution in [0.3, 0.4) is 0 Å². The number of thioether (sulfide) groups is 1. The summed E-state index contributed by atoms with van der Waals surface area (Å²) in [6.07, 6.45) is 3.32. The number of amides is 2. The number of aryl methyl sites for hydroxylation is 1. The Morgan fingerprint density at radius 2 is 1.88 bits per heavy atom. The van der Waals surface area contributed by atoms with Gasteiger partial charge < -0.3 is 4.90 Å². The molecule has 3 aromatic rings. The van der Waals surface area contributed by atoms with Crippen molar-refractivity contribution in [2.45, 2.75) is 26.8 Å². The maximum Gasteiger partial charge on any atom is 0.290 e. The van der Waals surface area contributed by atoms with Gasteiger partial charge >= 0.3 is 0 Å². The van der Waals surface area contributed by atoms with Gasteiger partial charge in [-0.1, -0.05) is 24.3 Å². The lowest BCUT2D eigenvalue weighted by molar-refractivity contribution is -0.115. The Balaban J connectivity index is 1.46. The summed E-state index contributed by atoms with van der Waals surface area (Å²) < 4.78 is 0. The Bertz CT molecular complexity index is 1310. The molecule has 3 heterocycles. The second-order valence-corrected chi connectivity index (χ2v) is 9.96. The minimum atomic E-state index is -0.410. The maximum absolute atomic E-state index is 11.9. The van der Waals surface area contributed by atoms with Crippen LogP contribution in [0.25, 0.3) is 28.1 Å². The van der Waals surface area contributed by atoms with Gasteiger partial charge in [-0.25, -0.2) is 9.97 Å². The molecule has 174 valence electrons. The Morgan fingerprint density at radius 1 is 1.09 bits per heavy atom. The van der Waals surface area contributed by atoms with E-state index in [9.17, 15) is 9.59 Å². The van der Waals surface area contributed by atoms with Crippen molar-refractivity contribution in [3.63, 3.8) is 0 Å². The number of benzene rings is 2.